The zero-order valence-electron chi connectivity index (χ0n) is 20.3. The second-order valence-corrected chi connectivity index (χ2v) is 7.88. The van der Waals surface area contributed by atoms with E-state index in [1.54, 1.807) is 7.11 Å². The van der Waals surface area contributed by atoms with Crippen molar-refractivity contribution in [3.63, 3.8) is 0 Å². The van der Waals surface area contributed by atoms with Crippen LogP contribution in [0.2, 0.25) is 0 Å². The number of ether oxygens (including phenoxy) is 2. The maximum atomic E-state index is 5.71. The Balaban J connectivity index is 2.36. The zero-order valence-corrected chi connectivity index (χ0v) is 20.3. The molecule has 4 heteroatoms. The molecule has 1 aliphatic rings. The third-order valence-electron chi connectivity index (χ3n) is 5.30. The van der Waals surface area contributed by atoms with Crippen molar-refractivity contribution in [2.45, 2.75) is 47.0 Å². The van der Waals surface area contributed by atoms with Crippen LogP contribution in [-0.4, -0.2) is 32.7 Å². The molecule has 0 saturated carbocycles. The Hall–Kier alpha value is -2.85. The minimum absolute atomic E-state index is 0.608. The summed E-state index contributed by atoms with van der Waals surface area (Å²) in [5.74, 6) is 1.67. The summed E-state index contributed by atoms with van der Waals surface area (Å²) < 4.78 is 11.2. The first kappa shape index (κ1) is 25.4. The molecule has 0 saturated heterocycles. The predicted molar refractivity (Wildman–Crippen MR) is 137 cm³/mol. The van der Waals surface area contributed by atoms with Crippen molar-refractivity contribution in [3.05, 3.63) is 83.1 Å². The number of rotatable bonds is 10. The van der Waals surface area contributed by atoms with Gasteiger partial charge in [0.15, 0.2) is 0 Å². The van der Waals surface area contributed by atoms with Crippen LogP contribution in [-0.2, 0) is 4.74 Å². The average molecular weight is 435 g/mol. The SMILES string of the molecule is C=C(/C=C\C(C)=C\CC)CN/C(=N/C=C/CC)c1cc(C2=CCOCC2)cc(OC)c1C. The Morgan fingerprint density at radius 1 is 1.25 bits per heavy atom. The molecule has 0 amide bonds. The molecule has 0 radical (unpaired) electrons. The van der Waals surface area contributed by atoms with Gasteiger partial charge in [-0.1, -0.05) is 56.4 Å². The van der Waals surface area contributed by atoms with Crippen molar-refractivity contribution in [2.24, 2.45) is 4.99 Å². The first-order valence-corrected chi connectivity index (χ1v) is 11.5. The summed E-state index contributed by atoms with van der Waals surface area (Å²) in [6.45, 7) is 14.6. The second-order valence-electron chi connectivity index (χ2n) is 7.88. The summed E-state index contributed by atoms with van der Waals surface area (Å²) in [5, 5.41) is 3.50. The summed E-state index contributed by atoms with van der Waals surface area (Å²) in [6, 6.07) is 4.31. The lowest BCUT2D eigenvalue weighted by atomic mass is 9.95. The van der Waals surface area contributed by atoms with Gasteiger partial charge in [0.1, 0.15) is 11.6 Å². The molecule has 32 heavy (non-hydrogen) atoms. The first-order chi connectivity index (χ1) is 15.5. The largest absolute Gasteiger partial charge is 0.496 e. The van der Waals surface area contributed by atoms with E-state index in [1.807, 2.05) is 12.3 Å². The van der Waals surface area contributed by atoms with E-state index in [2.05, 4.69) is 76.0 Å². The van der Waals surface area contributed by atoms with E-state index in [9.17, 15) is 0 Å². The van der Waals surface area contributed by atoms with Crippen molar-refractivity contribution in [3.8, 4) is 5.75 Å². The molecule has 0 bridgehead atoms. The first-order valence-electron chi connectivity index (χ1n) is 11.5. The van der Waals surface area contributed by atoms with Crippen LogP contribution >= 0.6 is 0 Å². The normalized spacial score (nSPS) is 15.3. The summed E-state index contributed by atoms with van der Waals surface area (Å²) in [7, 11) is 1.72. The third-order valence-corrected chi connectivity index (χ3v) is 5.30. The Bertz CT molecular complexity index is 933. The molecule has 1 aromatic rings. The van der Waals surface area contributed by atoms with E-state index in [1.165, 1.54) is 11.1 Å². The van der Waals surface area contributed by atoms with Gasteiger partial charge in [0.25, 0.3) is 0 Å². The molecule has 1 N–H and O–H groups in total. The lowest BCUT2D eigenvalue weighted by Crippen LogP contribution is -2.27. The van der Waals surface area contributed by atoms with E-state index in [-0.39, 0.29) is 0 Å². The fourth-order valence-corrected chi connectivity index (χ4v) is 3.46. The maximum absolute atomic E-state index is 5.71. The number of benzene rings is 1. The molecular weight excluding hydrogens is 396 g/mol. The number of nitrogens with zero attached hydrogens (tertiary/aromatic N) is 1. The van der Waals surface area contributed by atoms with Gasteiger partial charge in [0.2, 0.25) is 0 Å². The number of methoxy groups -OCH3 is 1. The Morgan fingerprint density at radius 2 is 2.06 bits per heavy atom. The number of aliphatic imine (C=N–C) groups is 1. The van der Waals surface area contributed by atoms with Gasteiger partial charge < -0.3 is 14.8 Å². The predicted octanol–water partition coefficient (Wildman–Crippen LogP) is 6.54. The molecule has 0 atom stereocenters. The van der Waals surface area contributed by atoms with Gasteiger partial charge in [-0.25, -0.2) is 4.99 Å². The van der Waals surface area contributed by atoms with Gasteiger partial charge in [-0.05, 0) is 62.0 Å². The molecule has 4 nitrogen and oxygen atoms in total. The molecule has 0 spiro atoms. The summed E-state index contributed by atoms with van der Waals surface area (Å²) in [5.41, 5.74) is 6.76. The highest BCUT2D eigenvalue weighted by atomic mass is 16.5. The van der Waals surface area contributed by atoms with Gasteiger partial charge in [0, 0.05) is 23.9 Å². The van der Waals surface area contributed by atoms with Gasteiger partial charge in [-0.15, -0.1) is 0 Å². The standard InChI is InChI=1S/C28H38N2O2/c1-7-9-15-29-28(30-20-22(4)12-11-21(3)10-8-2)26-18-25(19-27(31-6)23(26)5)24-13-16-32-17-14-24/h9-13,15,18-19H,4,7-8,14,16-17,20H2,1-3,5-6H3,(H,29,30)/b12-11-,15-9+,21-10+. The second kappa shape index (κ2) is 13.5. The van der Waals surface area contributed by atoms with Crippen LogP contribution in [0.1, 0.15) is 56.7 Å². The highest BCUT2D eigenvalue weighted by molar-refractivity contribution is 6.02. The van der Waals surface area contributed by atoms with E-state index in [0.29, 0.717) is 13.2 Å². The molecule has 0 unspecified atom stereocenters. The molecule has 2 rings (SSSR count). The Kier molecular flexibility index (Phi) is 10.8. The minimum atomic E-state index is 0.608. The molecule has 1 aromatic carbocycles. The van der Waals surface area contributed by atoms with Crippen LogP contribution in [0.25, 0.3) is 5.57 Å². The van der Waals surface area contributed by atoms with Crippen LogP contribution in [0.5, 0.6) is 5.75 Å². The van der Waals surface area contributed by atoms with E-state index in [0.717, 1.165) is 59.7 Å². The summed E-state index contributed by atoms with van der Waals surface area (Å²) in [4.78, 5) is 4.75. The van der Waals surface area contributed by atoms with Crippen LogP contribution in [0.3, 0.4) is 0 Å². The monoisotopic (exact) mass is 434 g/mol. The number of hydrogen-bond donors (Lipinski definition) is 1. The molecule has 0 aliphatic carbocycles. The fraction of sp³-hybridized carbons (Fsp3) is 0.393. The number of nitrogens with one attached hydrogen (secondary N) is 1. The van der Waals surface area contributed by atoms with Crippen molar-refractivity contribution in [2.75, 3.05) is 26.9 Å². The number of amidine groups is 1. The summed E-state index contributed by atoms with van der Waals surface area (Å²) >= 11 is 0. The summed E-state index contributed by atoms with van der Waals surface area (Å²) in [6.07, 6.45) is 15.3. The van der Waals surface area contributed by atoms with Crippen molar-refractivity contribution in [1.29, 1.82) is 0 Å². The van der Waals surface area contributed by atoms with Crippen LogP contribution in [0.15, 0.2) is 71.4 Å². The maximum Gasteiger partial charge on any atom is 0.133 e. The lowest BCUT2D eigenvalue weighted by Gasteiger charge is -2.19. The molecule has 1 aliphatic heterocycles. The molecule has 1 heterocycles. The van der Waals surface area contributed by atoms with Gasteiger partial charge in [-0.3, -0.25) is 0 Å². The highest BCUT2D eigenvalue weighted by Gasteiger charge is 2.16. The molecular formula is C28H38N2O2. The van der Waals surface area contributed by atoms with Crippen molar-refractivity contribution in [1.82, 2.24) is 5.32 Å². The molecule has 0 aromatic heterocycles. The minimum Gasteiger partial charge on any atom is -0.496 e. The van der Waals surface area contributed by atoms with E-state index >= 15 is 0 Å². The smallest absolute Gasteiger partial charge is 0.133 e. The van der Waals surface area contributed by atoms with Crippen LogP contribution in [0.4, 0.5) is 0 Å². The van der Waals surface area contributed by atoms with E-state index < -0.39 is 0 Å². The number of allylic oxidation sites excluding steroid dienone is 4. The zero-order chi connectivity index (χ0) is 23.3. The third kappa shape index (κ3) is 7.69. The van der Waals surface area contributed by atoms with Gasteiger partial charge >= 0.3 is 0 Å². The van der Waals surface area contributed by atoms with E-state index in [4.69, 9.17) is 14.5 Å². The van der Waals surface area contributed by atoms with Gasteiger partial charge in [-0.2, -0.15) is 0 Å². The number of hydrogen-bond acceptors (Lipinski definition) is 3. The van der Waals surface area contributed by atoms with Crippen LogP contribution in [0, 0.1) is 6.92 Å². The topological polar surface area (TPSA) is 42.9 Å². The lowest BCUT2D eigenvalue weighted by molar-refractivity contribution is 0.161. The van der Waals surface area contributed by atoms with Crippen molar-refractivity contribution < 1.29 is 9.47 Å². The molecule has 172 valence electrons. The highest BCUT2D eigenvalue weighted by Crippen LogP contribution is 2.30. The average Bonchev–Trinajstić information content (AvgIpc) is 2.81. The van der Waals surface area contributed by atoms with Gasteiger partial charge in [0.05, 0.1) is 20.3 Å². The fourth-order valence-electron chi connectivity index (χ4n) is 3.46. The van der Waals surface area contributed by atoms with Crippen molar-refractivity contribution >= 4 is 11.4 Å². The Morgan fingerprint density at radius 3 is 2.72 bits per heavy atom. The molecule has 0 fully saturated rings. The quantitative estimate of drug-likeness (QED) is 0.258. The van der Waals surface area contributed by atoms with Crippen LogP contribution < -0.4 is 10.1 Å². The Labute approximate surface area is 194 Å².